The van der Waals surface area contributed by atoms with Crippen molar-refractivity contribution in [1.29, 1.82) is 0 Å². The third-order valence-corrected chi connectivity index (χ3v) is 5.54. The molecule has 1 aromatic heterocycles. The highest BCUT2D eigenvalue weighted by molar-refractivity contribution is 6.14. The number of carbonyl (C=O) groups is 4. The Morgan fingerprint density at radius 1 is 1.23 bits per heavy atom. The van der Waals surface area contributed by atoms with E-state index in [9.17, 15) is 19.2 Å². The van der Waals surface area contributed by atoms with Crippen LogP contribution in [0.5, 0.6) is 0 Å². The van der Waals surface area contributed by atoms with Crippen molar-refractivity contribution in [2.45, 2.75) is 45.1 Å². The molecule has 1 saturated heterocycles. The quantitative estimate of drug-likeness (QED) is 0.444. The number of hydrogen-bond donors (Lipinski definition) is 1. The third-order valence-electron chi connectivity index (χ3n) is 5.54. The molecule has 2 heterocycles. The van der Waals surface area contributed by atoms with Crippen molar-refractivity contribution in [3.8, 4) is 0 Å². The van der Waals surface area contributed by atoms with Gasteiger partial charge in [0.1, 0.15) is 23.6 Å². The van der Waals surface area contributed by atoms with Crippen LogP contribution in [0.1, 0.15) is 53.1 Å². The van der Waals surface area contributed by atoms with Gasteiger partial charge in [-0.05, 0) is 43.0 Å². The molecular formula is C22H23N3O6. The smallest absolute Gasteiger partial charge is 0.414 e. The summed E-state index contributed by atoms with van der Waals surface area (Å²) in [7, 11) is 0. The van der Waals surface area contributed by atoms with Gasteiger partial charge in [0, 0.05) is 25.1 Å². The van der Waals surface area contributed by atoms with E-state index in [4.69, 9.17) is 9.26 Å². The van der Waals surface area contributed by atoms with Crippen LogP contribution in [0.25, 0.3) is 0 Å². The summed E-state index contributed by atoms with van der Waals surface area (Å²) in [6.07, 6.45) is 0.593. The summed E-state index contributed by atoms with van der Waals surface area (Å²) in [5.74, 6) is -1.15. The minimum atomic E-state index is -0.936. The predicted molar refractivity (Wildman–Crippen MR) is 109 cm³/mol. The average Bonchev–Trinajstić information content (AvgIpc) is 3.28. The van der Waals surface area contributed by atoms with E-state index < -0.39 is 18.1 Å². The number of aromatic nitrogens is 1. The van der Waals surface area contributed by atoms with E-state index in [0.29, 0.717) is 42.8 Å². The van der Waals surface area contributed by atoms with Crippen LogP contribution in [0, 0.1) is 6.92 Å². The van der Waals surface area contributed by atoms with Crippen molar-refractivity contribution >= 4 is 29.3 Å². The van der Waals surface area contributed by atoms with Crippen molar-refractivity contribution in [3.63, 3.8) is 0 Å². The summed E-state index contributed by atoms with van der Waals surface area (Å²) in [4.78, 5) is 50.8. The number of nitrogens with one attached hydrogen (secondary N) is 1. The van der Waals surface area contributed by atoms with Crippen molar-refractivity contribution in [1.82, 2.24) is 10.5 Å². The molecule has 0 spiro atoms. The monoisotopic (exact) mass is 425 g/mol. The first-order valence-corrected chi connectivity index (χ1v) is 10.2. The lowest BCUT2D eigenvalue weighted by Gasteiger charge is -2.18. The highest BCUT2D eigenvalue weighted by atomic mass is 16.6. The van der Waals surface area contributed by atoms with Crippen LogP contribution in [0.15, 0.2) is 28.8 Å². The van der Waals surface area contributed by atoms with Gasteiger partial charge in [-0.15, -0.1) is 0 Å². The number of rotatable bonds is 5. The van der Waals surface area contributed by atoms with E-state index in [-0.39, 0.29) is 29.7 Å². The minimum Gasteiger partial charge on any atom is -0.442 e. The zero-order valence-corrected chi connectivity index (χ0v) is 17.3. The zero-order valence-electron chi connectivity index (χ0n) is 17.3. The van der Waals surface area contributed by atoms with Crippen LogP contribution < -0.4 is 10.2 Å². The fourth-order valence-electron chi connectivity index (χ4n) is 4.04. The molecule has 1 fully saturated rings. The second-order valence-electron chi connectivity index (χ2n) is 7.88. The van der Waals surface area contributed by atoms with Gasteiger partial charge in [-0.1, -0.05) is 11.2 Å². The zero-order chi connectivity index (χ0) is 22.1. The summed E-state index contributed by atoms with van der Waals surface area (Å²) in [6, 6.07) is 6.82. The summed E-state index contributed by atoms with van der Waals surface area (Å²) in [5.41, 5.74) is 2.25. The van der Waals surface area contributed by atoms with Crippen molar-refractivity contribution in [2.75, 3.05) is 18.0 Å². The Morgan fingerprint density at radius 2 is 2.03 bits per heavy atom. The lowest BCUT2D eigenvalue weighted by molar-refractivity contribution is -0.120. The molecule has 2 atom stereocenters. The molecule has 4 rings (SSSR count). The van der Waals surface area contributed by atoms with Gasteiger partial charge in [-0.2, -0.15) is 0 Å². The van der Waals surface area contributed by atoms with Gasteiger partial charge in [0.15, 0.2) is 11.5 Å². The molecule has 1 aliphatic heterocycles. The van der Waals surface area contributed by atoms with Crippen LogP contribution >= 0.6 is 0 Å². The van der Waals surface area contributed by atoms with Gasteiger partial charge in [-0.25, -0.2) is 4.79 Å². The van der Waals surface area contributed by atoms with Crippen LogP contribution in [0.3, 0.4) is 0 Å². The summed E-state index contributed by atoms with van der Waals surface area (Å²) in [5, 5.41) is 6.43. The lowest BCUT2D eigenvalue weighted by atomic mass is 9.86. The number of anilines is 1. The first-order valence-electron chi connectivity index (χ1n) is 10.2. The molecule has 1 aliphatic carbocycles. The third kappa shape index (κ3) is 4.21. The van der Waals surface area contributed by atoms with Gasteiger partial charge >= 0.3 is 6.09 Å². The Bertz CT molecular complexity index is 1060. The topological polar surface area (TPSA) is 119 Å². The molecule has 0 unspecified atom stereocenters. The molecule has 1 N–H and O–H groups in total. The van der Waals surface area contributed by atoms with Gasteiger partial charge in [-0.3, -0.25) is 19.3 Å². The second-order valence-corrected chi connectivity index (χ2v) is 7.88. The van der Waals surface area contributed by atoms with Crippen LogP contribution in [-0.2, 0) is 20.7 Å². The number of cyclic esters (lactones) is 1. The van der Waals surface area contributed by atoms with E-state index in [1.165, 1.54) is 17.9 Å². The predicted octanol–water partition coefficient (Wildman–Crippen LogP) is 2.32. The number of amides is 2. The minimum absolute atomic E-state index is 0.136. The fourth-order valence-corrected chi connectivity index (χ4v) is 4.04. The molecule has 1 aromatic carbocycles. The van der Waals surface area contributed by atoms with Gasteiger partial charge in [0.2, 0.25) is 5.91 Å². The van der Waals surface area contributed by atoms with Gasteiger partial charge in [0.05, 0.1) is 13.1 Å². The molecule has 9 heteroatoms. The SMILES string of the molecule is CC(=O)NC[C@H]1CN(c2ccc3c(c2)CCCC(=O)[C@@H]3C(=O)c2cc(C)on2)C(=O)O1. The maximum atomic E-state index is 13.0. The Balaban J connectivity index is 1.61. The highest BCUT2D eigenvalue weighted by Crippen LogP contribution is 2.34. The van der Waals surface area contributed by atoms with Crippen LogP contribution in [-0.4, -0.2) is 47.9 Å². The highest BCUT2D eigenvalue weighted by Gasteiger charge is 2.36. The van der Waals surface area contributed by atoms with Gasteiger partial charge < -0.3 is 14.6 Å². The number of benzene rings is 1. The number of nitrogens with zero attached hydrogens (tertiary/aromatic N) is 2. The van der Waals surface area contributed by atoms with Crippen LogP contribution in [0.4, 0.5) is 10.5 Å². The van der Waals surface area contributed by atoms with Gasteiger partial charge in [0.25, 0.3) is 0 Å². The molecule has 0 radical (unpaired) electrons. The number of fused-ring (bicyclic) bond motifs is 1. The second kappa shape index (κ2) is 8.33. The Kier molecular flexibility index (Phi) is 5.58. The van der Waals surface area contributed by atoms with Crippen molar-refractivity contribution in [2.24, 2.45) is 0 Å². The number of hydrogen-bond acceptors (Lipinski definition) is 7. The maximum Gasteiger partial charge on any atom is 0.414 e. The molecular weight excluding hydrogens is 402 g/mol. The first-order chi connectivity index (χ1) is 14.8. The number of ketones is 2. The van der Waals surface area contributed by atoms with E-state index in [1.54, 1.807) is 19.1 Å². The number of Topliss-reactive ketones (excluding diaryl/α,β-unsaturated/α-hetero) is 2. The first kappa shape index (κ1) is 20.8. The largest absolute Gasteiger partial charge is 0.442 e. The molecule has 31 heavy (non-hydrogen) atoms. The van der Waals surface area contributed by atoms with E-state index in [2.05, 4.69) is 10.5 Å². The molecule has 2 aliphatic rings. The van der Waals surface area contributed by atoms with E-state index >= 15 is 0 Å². The summed E-state index contributed by atoms with van der Waals surface area (Å²) < 4.78 is 10.3. The maximum absolute atomic E-state index is 13.0. The molecule has 162 valence electrons. The van der Waals surface area contributed by atoms with E-state index in [1.807, 2.05) is 6.07 Å². The molecule has 0 bridgehead atoms. The Morgan fingerprint density at radius 3 is 2.74 bits per heavy atom. The molecule has 0 saturated carbocycles. The van der Waals surface area contributed by atoms with Crippen LogP contribution in [0.2, 0.25) is 0 Å². The standard InChI is InChI=1S/C22H23N3O6/c1-12-8-18(24-31-12)21(28)20-17-7-6-15(9-14(17)4-3-5-19(20)27)25-11-16(30-22(25)29)10-23-13(2)26/h6-9,16,20H,3-5,10-11H2,1-2H3,(H,23,26)/t16-,20+/m0/s1. The Labute approximate surface area is 178 Å². The van der Waals surface area contributed by atoms with Crippen molar-refractivity contribution in [3.05, 3.63) is 46.8 Å². The Hall–Kier alpha value is -3.49. The normalized spacial score (nSPS) is 20.8. The lowest BCUT2D eigenvalue weighted by Crippen LogP contribution is -2.33. The molecule has 2 amide bonds. The summed E-state index contributed by atoms with van der Waals surface area (Å²) >= 11 is 0. The molecule has 9 nitrogen and oxygen atoms in total. The summed E-state index contributed by atoms with van der Waals surface area (Å²) in [6.45, 7) is 3.63. The average molecular weight is 425 g/mol. The fraction of sp³-hybridized carbons (Fsp3) is 0.409. The van der Waals surface area contributed by atoms with E-state index in [0.717, 1.165) is 5.56 Å². The molecule has 2 aromatic rings. The van der Waals surface area contributed by atoms with Crippen molar-refractivity contribution < 1.29 is 28.4 Å². The number of carbonyl (C=O) groups excluding carboxylic acids is 4. The number of ether oxygens (including phenoxy) is 1. The number of aryl methyl sites for hydroxylation is 2.